The lowest BCUT2D eigenvalue weighted by Crippen LogP contribution is -3.11. The molecule has 0 radical (unpaired) electrons. The number of aromatic nitrogens is 4. The highest BCUT2D eigenvalue weighted by Crippen LogP contribution is 2.21. The molecule has 5 rings (SSSR count). The first kappa shape index (κ1) is 19.8. The third kappa shape index (κ3) is 3.59. The highest BCUT2D eigenvalue weighted by molar-refractivity contribution is 5.85. The number of quaternary nitrogens is 1. The molecular weight excluding hydrogens is 390 g/mol. The van der Waals surface area contributed by atoms with Gasteiger partial charge in [0.05, 0.1) is 19.6 Å². The van der Waals surface area contributed by atoms with Gasteiger partial charge in [-0.05, 0) is 35.1 Å². The number of hydrogen-bond acceptors (Lipinski definition) is 3. The number of nitrogens with one attached hydrogen (secondary N) is 2. The zero-order valence-electron chi connectivity index (χ0n) is 18.0. The maximum atomic E-state index is 12.8. The van der Waals surface area contributed by atoms with E-state index in [0.717, 1.165) is 42.3 Å². The Hall–Kier alpha value is -3.19. The topological polar surface area (TPSA) is 77.1 Å². The Morgan fingerprint density at radius 1 is 1.10 bits per heavy atom. The smallest absolute Gasteiger partial charge is 0.329 e. The Morgan fingerprint density at radius 3 is 2.65 bits per heavy atom. The summed E-state index contributed by atoms with van der Waals surface area (Å²) in [5.74, 6) is 1.63. The molecule has 1 fully saturated rings. The van der Waals surface area contributed by atoms with Gasteiger partial charge in [0.2, 0.25) is 0 Å². The van der Waals surface area contributed by atoms with Crippen molar-refractivity contribution < 1.29 is 4.90 Å². The van der Waals surface area contributed by atoms with E-state index in [1.807, 2.05) is 22.8 Å². The van der Waals surface area contributed by atoms with Gasteiger partial charge in [0.1, 0.15) is 6.54 Å². The molecule has 7 nitrogen and oxygen atoms in total. The molecule has 7 heteroatoms. The van der Waals surface area contributed by atoms with Crippen LogP contribution in [-0.2, 0) is 20.1 Å². The van der Waals surface area contributed by atoms with Gasteiger partial charge in [-0.3, -0.25) is 14.3 Å². The summed E-state index contributed by atoms with van der Waals surface area (Å²) in [4.78, 5) is 33.8. The fraction of sp³-hybridized carbons (Fsp3) is 0.375. The standard InChI is InChI=1S/C24H27N5O2/c1-16-10-12-28(13-11-16)15-20-25-22-21(23(30)26-24(31)27(22)2)29(20)14-18-8-5-7-17-6-3-4-9-19(17)18/h3-9,16H,10-15H2,1-2H3,(H,26,30,31)/p+1. The van der Waals surface area contributed by atoms with Crippen LogP contribution in [0.25, 0.3) is 21.9 Å². The van der Waals surface area contributed by atoms with E-state index >= 15 is 0 Å². The maximum Gasteiger partial charge on any atom is 0.329 e. The predicted molar refractivity (Wildman–Crippen MR) is 121 cm³/mol. The van der Waals surface area contributed by atoms with Crippen LogP contribution in [0.5, 0.6) is 0 Å². The van der Waals surface area contributed by atoms with Gasteiger partial charge in [-0.15, -0.1) is 0 Å². The molecule has 0 amide bonds. The minimum Gasteiger partial charge on any atom is -0.329 e. The monoisotopic (exact) mass is 418 g/mol. The molecule has 3 heterocycles. The van der Waals surface area contributed by atoms with Crippen molar-refractivity contribution in [3.05, 3.63) is 74.7 Å². The van der Waals surface area contributed by atoms with Crippen LogP contribution in [0.2, 0.25) is 0 Å². The van der Waals surface area contributed by atoms with Crippen LogP contribution in [0.3, 0.4) is 0 Å². The summed E-state index contributed by atoms with van der Waals surface area (Å²) < 4.78 is 3.45. The fourth-order valence-electron chi connectivity index (χ4n) is 4.76. The number of benzene rings is 2. The number of nitrogens with zero attached hydrogens (tertiary/aromatic N) is 3. The van der Waals surface area contributed by atoms with Gasteiger partial charge in [0.25, 0.3) is 5.56 Å². The number of aromatic amines is 1. The summed E-state index contributed by atoms with van der Waals surface area (Å²) in [7, 11) is 1.66. The van der Waals surface area contributed by atoms with Crippen molar-refractivity contribution in [2.24, 2.45) is 13.0 Å². The first-order valence-electron chi connectivity index (χ1n) is 11.0. The zero-order chi connectivity index (χ0) is 21.5. The summed E-state index contributed by atoms with van der Waals surface area (Å²) in [6.45, 7) is 5.81. The first-order valence-corrected chi connectivity index (χ1v) is 11.0. The Balaban J connectivity index is 1.65. The van der Waals surface area contributed by atoms with E-state index < -0.39 is 5.69 Å². The molecule has 0 saturated carbocycles. The van der Waals surface area contributed by atoms with Gasteiger partial charge in [0.15, 0.2) is 17.0 Å². The van der Waals surface area contributed by atoms with E-state index in [1.165, 1.54) is 27.7 Å². The summed E-state index contributed by atoms with van der Waals surface area (Å²) in [6, 6.07) is 14.5. The van der Waals surface area contributed by atoms with Gasteiger partial charge in [-0.25, -0.2) is 9.78 Å². The highest BCUT2D eigenvalue weighted by Gasteiger charge is 2.24. The third-order valence-electron chi connectivity index (χ3n) is 6.68. The number of rotatable bonds is 4. The van der Waals surface area contributed by atoms with Crippen molar-refractivity contribution in [3.8, 4) is 0 Å². The molecule has 2 N–H and O–H groups in total. The normalized spacial score (nSPS) is 19.3. The van der Waals surface area contributed by atoms with Crippen molar-refractivity contribution in [2.45, 2.75) is 32.9 Å². The van der Waals surface area contributed by atoms with Gasteiger partial charge in [-0.1, -0.05) is 49.4 Å². The number of H-pyrrole nitrogens is 1. The highest BCUT2D eigenvalue weighted by atomic mass is 16.2. The zero-order valence-corrected chi connectivity index (χ0v) is 18.0. The molecule has 4 aromatic rings. The Bertz CT molecular complexity index is 1370. The van der Waals surface area contributed by atoms with Crippen LogP contribution in [0.15, 0.2) is 52.1 Å². The molecular formula is C24H28N5O2+. The van der Waals surface area contributed by atoms with E-state index in [-0.39, 0.29) is 5.56 Å². The Morgan fingerprint density at radius 2 is 1.84 bits per heavy atom. The molecule has 0 bridgehead atoms. The lowest BCUT2D eigenvalue weighted by atomic mass is 9.99. The van der Waals surface area contributed by atoms with Gasteiger partial charge in [-0.2, -0.15) is 0 Å². The van der Waals surface area contributed by atoms with Crippen molar-refractivity contribution in [3.63, 3.8) is 0 Å². The predicted octanol–water partition coefficient (Wildman–Crippen LogP) is 1.44. The summed E-state index contributed by atoms with van der Waals surface area (Å²) in [5.41, 5.74) is 1.25. The average molecular weight is 419 g/mol. The van der Waals surface area contributed by atoms with Gasteiger partial charge in [0, 0.05) is 7.05 Å². The molecule has 1 aliphatic rings. The number of imidazole rings is 1. The van der Waals surface area contributed by atoms with E-state index in [1.54, 1.807) is 7.05 Å². The minimum atomic E-state index is -0.432. The Kier molecular flexibility index (Phi) is 4.98. The van der Waals surface area contributed by atoms with E-state index in [4.69, 9.17) is 4.98 Å². The quantitative estimate of drug-likeness (QED) is 0.527. The summed E-state index contributed by atoms with van der Waals surface area (Å²) in [5, 5.41) is 2.33. The SMILES string of the molecule is CC1CC[NH+](Cc2nc3c(c(=O)[nH]c(=O)n3C)n2Cc2cccc3ccccc23)CC1. The van der Waals surface area contributed by atoms with Crippen LogP contribution in [0, 0.1) is 5.92 Å². The average Bonchev–Trinajstić information content (AvgIpc) is 3.12. The van der Waals surface area contributed by atoms with Crippen LogP contribution < -0.4 is 16.1 Å². The lowest BCUT2D eigenvalue weighted by molar-refractivity contribution is -0.920. The number of likely N-dealkylation sites (tertiary alicyclic amines) is 1. The second-order valence-electron chi connectivity index (χ2n) is 8.85. The van der Waals surface area contributed by atoms with E-state index in [0.29, 0.717) is 17.7 Å². The van der Waals surface area contributed by atoms with Crippen LogP contribution in [0.4, 0.5) is 0 Å². The molecule has 1 aliphatic heterocycles. The van der Waals surface area contributed by atoms with E-state index in [2.05, 4.69) is 36.2 Å². The molecule has 0 aliphatic carbocycles. The molecule has 2 aromatic heterocycles. The third-order valence-corrected chi connectivity index (χ3v) is 6.68. The Labute approximate surface area is 180 Å². The van der Waals surface area contributed by atoms with Gasteiger partial charge < -0.3 is 9.47 Å². The summed E-state index contributed by atoms with van der Waals surface area (Å²) in [6.07, 6.45) is 2.41. The second-order valence-corrected chi connectivity index (χ2v) is 8.85. The van der Waals surface area contributed by atoms with Crippen molar-refractivity contribution in [1.82, 2.24) is 19.1 Å². The molecule has 0 unspecified atom stereocenters. The first-order chi connectivity index (χ1) is 15.0. The van der Waals surface area contributed by atoms with Crippen LogP contribution >= 0.6 is 0 Å². The minimum absolute atomic E-state index is 0.376. The van der Waals surface area contributed by atoms with Crippen molar-refractivity contribution in [1.29, 1.82) is 0 Å². The number of aryl methyl sites for hydroxylation is 1. The maximum absolute atomic E-state index is 12.8. The molecule has 1 saturated heterocycles. The number of hydrogen-bond donors (Lipinski definition) is 2. The van der Waals surface area contributed by atoms with Crippen LogP contribution in [0.1, 0.15) is 31.2 Å². The van der Waals surface area contributed by atoms with Crippen molar-refractivity contribution >= 4 is 21.9 Å². The second kappa shape index (κ2) is 7.81. The largest absolute Gasteiger partial charge is 0.329 e. The number of fused-ring (bicyclic) bond motifs is 2. The fourth-order valence-corrected chi connectivity index (χ4v) is 4.76. The van der Waals surface area contributed by atoms with Gasteiger partial charge >= 0.3 is 5.69 Å². The van der Waals surface area contributed by atoms with Crippen molar-refractivity contribution in [2.75, 3.05) is 13.1 Å². The molecule has 160 valence electrons. The van der Waals surface area contributed by atoms with Crippen LogP contribution in [-0.4, -0.2) is 32.2 Å². The summed E-state index contributed by atoms with van der Waals surface area (Å²) >= 11 is 0. The molecule has 2 aromatic carbocycles. The molecule has 31 heavy (non-hydrogen) atoms. The number of piperidine rings is 1. The lowest BCUT2D eigenvalue weighted by Gasteiger charge is -2.27. The van der Waals surface area contributed by atoms with E-state index in [9.17, 15) is 9.59 Å². The molecule has 0 atom stereocenters. The molecule has 0 spiro atoms.